The van der Waals surface area contributed by atoms with Crippen molar-refractivity contribution in [3.63, 3.8) is 0 Å². The molecule has 0 unspecified atom stereocenters. The van der Waals surface area contributed by atoms with Gasteiger partial charge in [-0.15, -0.1) is 0 Å². The number of pyridine rings is 4. The molecule has 2 N–H and O–H groups in total. The lowest BCUT2D eigenvalue weighted by Crippen LogP contribution is -2.08. The molecular weight excluding hydrogens is 668 g/mol. The first kappa shape index (κ1) is 33.1. The van der Waals surface area contributed by atoms with Gasteiger partial charge in [-0.1, -0.05) is 12.1 Å². The highest BCUT2D eigenvalue weighted by Crippen LogP contribution is 2.41. The van der Waals surface area contributed by atoms with Gasteiger partial charge in [-0.25, -0.2) is 28.7 Å². The second-order valence-electron chi connectivity index (χ2n) is 13.6. The summed E-state index contributed by atoms with van der Waals surface area (Å²) in [6, 6.07) is 14.9. The van der Waals surface area contributed by atoms with Crippen molar-refractivity contribution in [1.29, 1.82) is 0 Å². The average Bonchev–Trinajstić information content (AvgIpc) is 4.08. The summed E-state index contributed by atoms with van der Waals surface area (Å²) >= 11 is 0. The fraction of sp³-hybridized carbons (Fsp3) is 0.289. The Hall–Kier alpha value is -6.05. The Balaban J connectivity index is 0.000000119. The number of nitrogen functional groups attached to an aromatic ring is 1. The van der Waals surface area contributed by atoms with E-state index in [-0.39, 0.29) is 29.3 Å². The third kappa shape index (κ3) is 7.50. The van der Waals surface area contributed by atoms with Crippen LogP contribution in [0.2, 0.25) is 0 Å². The summed E-state index contributed by atoms with van der Waals surface area (Å²) in [7, 11) is 0. The molecule has 52 heavy (non-hydrogen) atoms. The van der Waals surface area contributed by atoms with E-state index in [1.54, 1.807) is 10.5 Å². The standard InChI is InChI=1S/C18H15F2N3O.C10H9N3O2.C10H11N3/c19-18(20)14-3-1-2-13(21-14)16(24)8-11-4-7-17-22-15(12-5-6-12)10-23(17)9-11;14-13(15)8-3-4-10-11-9(7-1-2-7)6-12(10)5-8;11-8-3-4-10-12-9(7-1-2-7)6-13(10)5-8/h1-4,7,9-10,12,18H,5-6,8H2;3-7H,1-2H2;3-7H,1-2,11H2. The van der Waals surface area contributed by atoms with Crippen LogP contribution in [0.4, 0.5) is 20.2 Å². The Morgan fingerprint density at radius 1 is 0.712 bits per heavy atom. The van der Waals surface area contributed by atoms with Crippen LogP contribution in [0.15, 0.2) is 91.8 Å². The minimum Gasteiger partial charge on any atom is -0.398 e. The smallest absolute Gasteiger partial charge is 0.286 e. The van der Waals surface area contributed by atoms with Gasteiger partial charge in [0, 0.05) is 66.9 Å². The summed E-state index contributed by atoms with van der Waals surface area (Å²) in [5, 5.41) is 10.6. The molecule has 3 aliphatic carbocycles. The lowest BCUT2D eigenvalue weighted by atomic mass is 10.1. The van der Waals surface area contributed by atoms with E-state index in [4.69, 9.17) is 5.73 Å². The van der Waals surface area contributed by atoms with Crippen molar-refractivity contribution in [1.82, 2.24) is 33.1 Å². The van der Waals surface area contributed by atoms with Gasteiger partial charge >= 0.3 is 0 Å². The van der Waals surface area contributed by atoms with Crippen molar-refractivity contribution in [2.45, 2.75) is 69.1 Å². The number of fused-ring (bicyclic) bond motifs is 3. The number of hydrogen-bond acceptors (Lipinski definition) is 8. The van der Waals surface area contributed by atoms with Gasteiger partial charge < -0.3 is 14.5 Å². The van der Waals surface area contributed by atoms with Crippen LogP contribution >= 0.6 is 0 Å². The van der Waals surface area contributed by atoms with E-state index in [0.29, 0.717) is 17.8 Å². The molecule has 0 saturated heterocycles. The van der Waals surface area contributed by atoms with Crippen molar-refractivity contribution in [2.24, 2.45) is 0 Å². The Bertz CT molecular complexity index is 2440. The van der Waals surface area contributed by atoms with Gasteiger partial charge in [0.25, 0.3) is 12.1 Å². The number of anilines is 1. The normalized spacial score (nSPS) is 15.4. The lowest BCUT2D eigenvalue weighted by Gasteiger charge is -2.04. The molecule has 7 aromatic rings. The van der Waals surface area contributed by atoms with Crippen molar-refractivity contribution >= 4 is 34.1 Å². The summed E-state index contributed by atoms with van der Waals surface area (Å²) in [4.78, 5) is 39.7. The van der Waals surface area contributed by atoms with Crippen LogP contribution in [-0.2, 0) is 6.42 Å². The van der Waals surface area contributed by atoms with E-state index in [2.05, 4.69) is 26.1 Å². The van der Waals surface area contributed by atoms with Crippen LogP contribution in [0, 0.1) is 10.1 Å². The molecule has 14 heteroatoms. The lowest BCUT2D eigenvalue weighted by molar-refractivity contribution is -0.385. The van der Waals surface area contributed by atoms with Crippen molar-refractivity contribution in [3.05, 3.63) is 136 Å². The molecule has 264 valence electrons. The van der Waals surface area contributed by atoms with Crippen molar-refractivity contribution < 1.29 is 18.5 Å². The fourth-order valence-corrected chi connectivity index (χ4v) is 6.03. The number of rotatable bonds is 8. The van der Waals surface area contributed by atoms with Crippen molar-refractivity contribution in [3.8, 4) is 0 Å². The monoisotopic (exact) mass is 703 g/mol. The van der Waals surface area contributed by atoms with Crippen LogP contribution in [-0.4, -0.2) is 43.8 Å². The Kier molecular flexibility index (Phi) is 8.65. The highest BCUT2D eigenvalue weighted by atomic mass is 19.3. The molecule has 0 atom stereocenters. The average molecular weight is 704 g/mol. The van der Waals surface area contributed by atoms with E-state index in [0.717, 1.165) is 39.6 Å². The third-order valence-corrected chi connectivity index (χ3v) is 9.32. The topological polar surface area (TPSA) is 151 Å². The molecule has 0 aliphatic heterocycles. The molecule has 3 saturated carbocycles. The molecule has 3 aliphatic rings. The molecule has 0 radical (unpaired) electrons. The maximum absolute atomic E-state index is 12.7. The van der Waals surface area contributed by atoms with Crippen LogP contribution in [0.3, 0.4) is 0 Å². The Labute approximate surface area is 296 Å². The minimum absolute atomic E-state index is 0.0668. The second-order valence-corrected chi connectivity index (χ2v) is 13.6. The van der Waals surface area contributed by atoms with Crippen LogP contribution in [0.25, 0.3) is 16.9 Å². The first-order chi connectivity index (χ1) is 25.2. The SMILES string of the molecule is Nc1ccc2nc(C3CC3)cn2c1.O=C(Cc1ccc2nc(C3CC3)cn2c1)c1cccc(C(F)F)n1.O=[N+]([O-])c1ccc2nc(C3CC3)cn2c1. The third-order valence-electron chi connectivity index (χ3n) is 9.32. The van der Waals surface area contributed by atoms with Gasteiger partial charge in [0.1, 0.15) is 28.3 Å². The number of ketones is 1. The summed E-state index contributed by atoms with van der Waals surface area (Å²) in [6.45, 7) is 0. The number of carbonyl (C=O) groups excluding carboxylic acids is 1. The number of nitro groups is 1. The summed E-state index contributed by atoms with van der Waals surface area (Å²) in [5.74, 6) is 1.57. The Morgan fingerprint density at radius 3 is 1.77 bits per heavy atom. The van der Waals surface area contributed by atoms with Crippen LogP contribution < -0.4 is 5.73 Å². The number of nitrogens with zero attached hydrogens (tertiary/aromatic N) is 8. The number of Topliss-reactive ketones (excluding diaryl/α,β-unsaturated/α-hetero) is 1. The maximum Gasteiger partial charge on any atom is 0.286 e. The zero-order chi connectivity index (χ0) is 35.9. The van der Waals surface area contributed by atoms with Gasteiger partial charge in [-0.3, -0.25) is 19.3 Å². The number of carbonyl (C=O) groups is 1. The molecule has 0 amide bonds. The molecule has 7 aromatic heterocycles. The van der Waals surface area contributed by atoms with Crippen LogP contribution in [0.5, 0.6) is 0 Å². The van der Waals surface area contributed by atoms with E-state index < -0.39 is 11.3 Å². The first-order valence-electron chi connectivity index (χ1n) is 17.3. The van der Waals surface area contributed by atoms with Crippen LogP contribution in [0.1, 0.15) is 102 Å². The largest absolute Gasteiger partial charge is 0.398 e. The minimum atomic E-state index is -2.68. The molecular formula is C38H35F2N9O3. The molecule has 7 heterocycles. The van der Waals surface area contributed by atoms with Gasteiger partial charge in [-0.05, 0) is 80.5 Å². The van der Waals surface area contributed by atoms with E-state index in [1.807, 2.05) is 57.9 Å². The highest BCUT2D eigenvalue weighted by Gasteiger charge is 2.28. The maximum atomic E-state index is 12.7. The number of alkyl halides is 2. The van der Waals surface area contributed by atoms with Gasteiger partial charge in [-0.2, -0.15) is 0 Å². The predicted octanol–water partition coefficient (Wildman–Crippen LogP) is 7.88. The molecule has 0 aromatic carbocycles. The van der Waals surface area contributed by atoms with Gasteiger partial charge in [0.05, 0.1) is 28.2 Å². The van der Waals surface area contributed by atoms with Crippen molar-refractivity contribution in [2.75, 3.05) is 5.73 Å². The second kappa shape index (κ2) is 13.6. The molecule has 3 fully saturated rings. The molecule has 0 bridgehead atoms. The zero-order valence-corrected chi connectivity index (χ0v) is 28.1. The Morgan fingerprint density at radius 2 is 1.23 bits per heavy atom. The van der Waals surface area contributed by atoms with E-state index in [9.17, 15) is 23.7 Å². The highest BCUT2D eigenvalue weighted by molar-refractivity contribution is 5.95. The van der Waals surface area contributed by atoms with Gasteiger partial charge in [0.15, 0.2) is 5.78 Å². The molecule has 10 rings (SSSR count). The zero-order valence-electron chi connectivity index (χ0n) is 28.1. The summed E-state index contributed by atoms with van der Waals surface area (Å²) in [6.07, 6.45) is 16.0. The number of hydrogen-bond donors (Lipinski definition) is 1. The number of nitrogens with two attached hydrogens (primary N) is 1. The summed E-state index contributed by atoms with van der Waals surface area (Å²) < 4.78 is 31.0. The van der Waals surface area contributed by atoms with E-state index >= 15 is 0 Å². The first-order valence-corrected chi connectivity index (χ1v) is 17.3. The predicted molar refractivity (Wildman–Crippen MR) is 190 cm³/mol. The number of halogens is 2. The summed E-state index contributed by atoms with van der Waals surface area (Å²) in [5.41, 5.74) is 13.0. The molecule has 12 nitrogen and oxygen atoms in total. The van der Waals surface area contributed by atoms with Gasteiger partial charge in [0.2, 0.25) is 0 Å². The quantitative estimate of drug-likeness (QED) is 0.0954. The fourth-order valence-electron chi connectivity index (χ4n) is 6.03. The molecule has 0 spiro atoms. The van der Waals surface area contributed by atoms with E-state index in [1.165, 1.54) is 74.7 Å². The number of imidazole rings is 3. The number of aromatic nitrogens is 7.